The summed E-state index contributed by atoms with van der Waals surface area (Å²) in [4.78, 5) is 0. The van der Waals surface area contributed by atoms with Gasteiger partial charge in [0.25, 0.3) is 0 Å². The normalized spacial score (nSPS) is 10.5. The zero-order chi connectivity index (χ0) is 11.2. The highest BCUT2D eigenvalue weighted by Gasteiger charge is 2.15. The van der Waals surface area contributed by atoms with Gasteiger partial charge in [0.05, 0.1) is 11.2 Å². The van der Waals surface area contributed by atoms with Crippen molar-refractivity contribution in [3.63, 3.8) is 0 Å². The number of hydrogen-bond acceptors (Lipinski definition) is 3. The van der Waals surface area contributed by atoms with Crippen LogP contribution in [0.15, 0.2) is 12.1 Å². The molecule has 2 rings (SSSR count). The number of benzene rings is 1. The Morgan fingerprint density at radius 3 is 2.73 bits per heavy atom. The summed E-state index contributed by atoms with van der Waals surface area (Å²) in [6.45, 7) is 1.88. The molecule has 1 aromatic heterocycles. The maximum Gasteiger partial charge on any atom is 0.134 e. The second kappa shape index (κ2) is 2.92. The molecule has 0 saturated carbocycles. The molecule has 0 radical (unpaired) electrons. The highest BCUT2D eigenvalue weighted by atomic mass is 16.3. The van der Waals surface area contributed by atoms with Gasteiger partial charge in [-0.05, 0) is 19.1 Å². The third-order valence-corrected chi connectivity index (χ3v) is 2.80. The highest BCUT2D eigenvalue weighted by Crippen LogP contribution is 2.34. The van der Waals surface area contributed by atoms with Gasteiger partial charge in [-0.1, -0.05) is 0 Å². The number of aromatic hydroxyl groups is 1. The lowest BCUT2D eigenvalue weighted by atomic mass is 10.1. The van der Waals surface area contributed by atoms with Crippen molar-refractivity contribution < 1.29 is 5.11 Å². The molecular formula is C11H11N3O. The summed E-state index contributed by atoms with van der Waals surface area (Å²) in [5, 5.41) is 19.1. The lowest BCUT2D eigenvalue weighted by Crippen LogP contribution is -1.91. The number of nitrogen functional groups attached to an aromatic ring is 1. The second-order valence-electron chi connectivity index (χ2n) is 3.52. The van der Waals surface area contributed by atoms with Crippen molar-refractivity contribution in [2.45, 2.75) is 6.92 Å². The Labute approximate surface area is 87.2 Å². The Morgan fingerprint density at radius 2 is 2.13 bits per heavy atom. The van der Waals surface area contributed by atoms with Gasteiger partial charge < -0.3 is 15.4 Å². The van der Waals surface area contributed by atoms with E-state index in [-0.39, 0.29) is 11.3 Å². The first kappa shape index (κ1) is 9.41. The van der Waals surface area contributed by atoms with Crippen LogP contribution in [-0.2, 0) is 7.05 Å². The molecule has 0 saturated heterocycles. The van der Waals surface area contributed by atoms with E-state index in [9.17, 15) is 5.11 Å². The van der Waals surface area contributed by atoms with E-state index in [4.69, 9.17) is 11.0 Å². The summed E-state index contributed by atoms with van der Waals surface area (Å²) < 4.78 is 1.91. The number of nitrogens with zero attached hydrogens (tertiary/aromatic N) is 2. The molecule has 3 N–H and O–H groups in total. The van der Waals surface area contributed by atoms with Crippen LogP contribution in [0.4, 0.5) is 5.69 Å². The monoisotopic (exact) mass is 201 g/mol. The van der Waals surface area contributed by atoms with Crippen molar-refractivity contribution in [1.29, 1.82) is 5.26 Å². The summed E-state index contributed by atoms with van der Waals surface area (Å²) in [7, 11) is 1.88. The Hall–Kier alpha value is -2.15. The largest absolute Gasteiger partial charge is 0.507 e. The van der Waals surface area contributed by atoms with Gasteiger partial charge in [0.1, 0.15) is 17.4 Å². The summed E-state index contributed by atoms with van der Waals surface area (Å²) in [5.74, 6) is -0.0256. The summed E-state index contributed by atoms with van der Waals surface area (Å²) >= 11 is 0. The molecule has 2 aromatic rings. The average molecular weight is 201 g/mol. The molecule has 0 amide bonds. The number of rotatable bonds is 0. The van der Waals surface area contributed by atoms with Gasteiger partial charge in [-0.3, -0.25) is 0 Å². The first-order valence-corrected chi connectivity index (χ1v) is 4.54. The van der Waals surface area contributed by atoms with Crippen LogP contribution < -0.4 is 5.73 Å². The Kier molecular flexibility index (Phi) is 1.83. The topological polar surface area (TPSA) is 75.0 Å². The molecule has 0 bridgehead atoms. The number of nitrogens with two attached hydrogens (primary N) is 1. The minimum absolute atomic E-state index is 0.0256. The molecule has 0 spiro atoms. The van der Waals surface area contributed by atoms with Gasteiger partial charge in [-0.2, -0.15) is 5.26 Å². The summed E-state index contributed by atoms with van der Waals surface area (Å²) in [6.07, 6.45) is 0. The van der Waals surface area contributed by atoms with E-state index in [1.54, 1.807) is 6.07 Å². The molecule has 0 unspecified atom stereocenters. The second-order valence-corrected chi connectivity index (χ2v) is 3.52. The molecule has 0 aliphatic carbocycles. The van der Waals surface area contributed by atoms with Crippen molar-refractivity contribution >= 4 is 16.6 Å². The molecule has 1 aromatic carbocycles. The number of phenols is 1. The van der Waals surface area contributed by atoms with Crippen LogP contribution in [0, 0.1) is 18.3 Å². The molecule has 4 nitrogen and oxygen atoms in total. The molecule has 0 fully saturated rings. The number of aryl methyl sites for hydroxylation is 1. The zero-order valence-electron chi connectivity index (χ0n) is 8.57. The smallest absolute Gasteiger partial charge is 0.134 e. The Bertz CT molecular complexity index is 590. The van der Waals surface area contributed by atoms with E-state index in [2.05, 4.69) is 0 Å². The minimum atomic E-state index is -0.0256. The van der Waals surface area contributed by atoms with E-state index in [0.29, 0.717) is 11.1 Å². The van der Waals surface area contributed by atoms with Crippen LogP contribution in [0.5, 0.6) is 5.75 Å². The number of fused-ring (bicyclic) bond motifs is 1. The zero-order valence-corrected chi connectivity index (χ0v) is 8.57. The van der Waals surface area contributed by atoms with Crippen molar-refractivity contribution in [2.24, 2.45) is 7.05 Å². The number of nitriles is 1. The number of phenolic OH excluding ortho intramolecular Hbond substituents is 1. The van der Waals surface area contributed by atoms with Crippen LogP contribution in [0.1, 0.15) is 11.3 Å². The van der Waals surface area contributed by atoms with E-state index in [1.807, 2.05) is 24.6 Å². The molecule has 0 atom stereocenters. The quantitative estimate of drug-likeness (QED) is 0.680. The van der Waals surface area contributed by atoms with Gasteiger partial charge in [0, 0.05) is 18.1 Å². The van der Waals surface area contributed by atoms with Crippen molar-refractivity contribution in [3.8, 4) is 11.8 Å². The van der Waals surface area contributed by atoms with Crippen molar-refractivity contribution in [2.75, 3.05) is 5.73 Å². The third kappa shape index (κ3) is 1.07. The molecule has 15 heavy (non-hydrogen) atoms. The molecule has 0 aliphatic rings. The Balaban J connectivity index is 3.07. The van der Waals surface area contributed by atoms with Gasteiger partial charge >= 0.3 is 0 Å². The highest BCUT2D eigenvalue weighted by molar-refractivity contribution is 5.99. The lowest BCUT2D eigenvalue weighted by molar-refractivity contribution is 0.474. The predicted molar refractivity (Wildman–Crippen MR) is 58.4 cm³/mol. The van der Waals surface area contributed by atoms with Crippen LogP contribution >= 0.6 is 0 Å². The standard InChI is InChI=1S/C11H11N3O/c1-6-11(13)10-7(5-12)9(15)4-3-8(10)14(6)2/h3-4,15H,13H2,1-2H3. The lowest BCUT2D eigenvalue weighted by Gasteiger charge is -2.00. The van der Waals surface area contributed by atoms with Gasteiger partial charge in [-0.25, -0.2) is 0 Å². The van der Waals surface area contributed by atoms with E-state index < -0.39 is 0 Å². The fraction of sp³-hybridized carbons (Fsp3) is 0.182. The summed E-state index contributed by atoms with van der Waals surface area (Å²) in [6, 6.07) is 5.25. The molecule has 0 aliphatic heterocycles. The third-order valence-electron chi connectivity index (χ3n) is 2.80. The SMILES string of the molecule is Cc1c(N)c2c(C#N)c(O)ccc2n1C. The van der Waals surface area contributed by atoms with Crippen LogP contribution in [0.3, 0.4) is 0 Å². The molecule has 76 valence electrons. The number of hydrogen-bond donors (Lipinski definition) is 2. The predicted octanol–water partition coefficient (Wildman–Crippen LogP) is 1.65. The van der Waals surface area contributed by atoms with Crippen LogP contribution in [-0.4, -0.2) is 9.67 Å². The van der Waals surface area contributed by atoms with Crippen molar-refractivity contribution in [1.82, 2.24) is 4.57 Å². The fourth-order valence-corrected chi connectivity index (χ4v) is 1.79. The van der Waals surface area contributed by atoms with Crippen molar-refractivity contribution in [3.05, 3.63) is 23.4 Å². The van der Waals surface area contributed by atoms with Gasteiger partial charge in [0.15, 0.2) is 0 Å². The average Bonchev–Trinajstić information content (AvgIpc) is 2.44. The van der Waals surface area contributed by atoms with Crippen LogP contribution in [0.2, 0.25) is 0 Å². The molecule has 4 heteroatoms. The minimum Gasteiger partial charge on any atom is -0.507 e. The first-order chi connectivity index (χ1) is 7.07. The number of anilines is 1. The first-order valence-electron chi connectivity index (χ1n) is 4.54. The van der Waals surface area contributed by atoms with E-state index in [1.165, 1.54) is 6.07 Å². The van der Waals surface area contributed by atoms with Crippen LogP contribution in [0.25, 0.3) is 10.9 Å². The van der Waals surface area contributed by atoms with Gasteiger partial charge in [0.2, 0.25) is 0 Å². The number of aromatic nitrogens is 1. The Morgan fingerprint density at radius 1 is 1.47 bits per heavy atom. The molecule has 1 heterocycles. The maximum absolute atomic E-state index is 9.55. The maximum atomic E-state index is 9.55. The summed E-state index contributed by atoms with van der Waals surface area (Å²) in [5.41, 5.74) is 8.46. The molecular weight excluding hydrogens is 190 g/mol. The van der Waals surface area contributed by atoms with E-state index >= 15 is 0 Å². The van der Waals surface area contributed by atoms with Gasteiger partial charge in [-0.15, -0.1) is 0 Å². The van der Waals surface area contributed by atoms with E-state index in [0.717, 1.165) is 11.2 Å². The fourth-order valence-electron chi connectivity index (χ4n) is 1.79.